The first-order chi connectivity index (χ1) is 8.73. The van der Waals surface area contributed by atoms with Gasteiger partial charge in [0.25, 0.3) is 0 Å². The van der Waals surface area contributed by atoms with Crippen LogP contribution in [-0.2, 0) is 17.7 Å². The van der Waals surface area contributed by atoms with Crippen LogP contribution in [0.4, 0.5) is 0 Å². The predicted octanol–water partition coefficient (Wildman–Crippen LogP) is 1.59. The van der Waals surface area contributed by atoms with Crippen molar-refractivity contribution in [2.45, 2.75) is 31.4 Å². The zero-order chi connectivity index (χ0) is 12.4. The molecule has 0 radical (unpaired) electrons. The molecule has 3 heteroatoms. The second kappa shape index (κ2) is 5.00. The van der Waals surface area contributed by atoms with Crippen LogP contribution in [0.25, 0.3) is 0 Å². The van der Waals surface area contributed by atoms with Crippen molar-refractivity contribution in [3.05, 3.63) is 35.4 Å². The first kappa shape index (κ1) is 12.2. The van der Waals surface area contributed by atoms with Gasteiger partial charge in [0.05, 0.1) is 18.8 Å². The Morgan fingerprint density at radius 1 is 1.06 bits per heavy atom. The molecule has 1 aliphatic carbocycles. The number of ether oxygens (including phenoxy) is 1. The minimum Gasteiger partial charge on any atom is -0.390 e. The number of nitrogens with zero attached hydrogens (tertiary/aromatic N) is 1. The van der Waals surface area contributed by atoms with Gasteiger partial charge in [-0.1, -0.05) is 24.3 Å². The molecule has 1 aliphatic heterocycles. The lowest BCUT2D eigenvalue weighted by Crippen LogP contribution is -2.35. The number of morpholine rings is 1. The van der Waals surface area contributed by atoms with E-state index in [9.17, 15) is 5.11 Å². The summed E-state index contributed by atoms with van der Waals surface area (Å²) in [5, 5.41) is 9.89. The lowest BCUT2D eigenvalue weighted by Gasteiger charge is -2.26. The van der Waals surface area contributed by atoms with Gasteiger partial charge in [-0.15, -0.1) is 0 Å². The fourth-order valence-electron chi connectivity index (χ4n) is 2.48. The van der Waals surface area contributed by atoms with Crippen molar-refractivity contribution >= 4 is 0 Å². The topological polar surface area (TPSA) is 32.7 Å². The zero-order valence-electron chi connectivity index (χ0n) is 10.8. The molecular formula is C15H21NO2. The highest BCUT2D eigenvalue weighted by Crippen LogP contribution is 2.38. The molecular weight excluding hydrogens is 226 g/mol. The second-order valence-electron chi connectivity index (χ2n) is 5.61. The summed E-state index contributed by atoms with van der Waals surface area (Å²) in [7, 11) is 0. The molecule has 1 heterocycles. The van der Waals surface area contributed by atoms with Crippen LogP contribution in [0, 0.1) is 0 Å². The SMILES string of the molecule is OC1(Cc2ccc(CN3CCOCC3)cc2)CC1. The molecule has 0 aromatic heterocycles. The van der Waals surface area contributed by atoms with Crippen LogP contribution < -0.4 is 0 Å². The fourth-order valence-corrected chi connectivity index (χ4v) is 2.48. The molecule has 0 amide bonds. The van der Waals surface area contributed by atoms with Crippen molar-refractivity contribution in [1.82, 2.24) is 4.90 Å². The van der Waals surface area contributed by atoms with Gasteiger partial charge in [-0.2, -0.15) is 0 Å². The molecule has 2 fully saturated rings. The molecule has 0 bridgehead atoms. The Morgan fingerprint density at radius 2 is 1.67 bits per heavy atom. The highest BCUT2D eigenvalue weighted by molar-refractivity contribution is 5.25. The van der Waals surface area contributed by atoms with Gasteiger partial charge in [-0.05, 0) is 24.0 Å². The molecule has 1 aromatic carbocycles. The Balaban J connectivity index is 1.56. The van der Waals surface area contributed by atoms with E-state index in [1.165, 1.54) is 11.1 Å². The third kappa shape index (κ3) is 3.10. The molecule has 3 nitrogen and oxygen atoms in total. The summed E-state index contributed by atoms with van der Waals surface area (Å²) in [6, 6.07) is 8.70. The number of rotatable bonds is 4. The van der Waals surface area contributed by atoms with Crippen LogP contribution in [0.3, 0.4) is 0 Å². The van der Waals surface area contributed by atoms with E-state index in [2.05, 4.69) is 29.2 Å². The van der Waals surface area contributed by atoms with E-state index >= 15 is 0 Å². The molecule has 1 saturated carbocycles. The summed E-state index contributed by atoms with van der Waals surface area (Å²) < 4.78 is 5.35. The van der Waals surface area contributed by atoms with Crippen LogP contribution in [-0.4, -0.2) is 41.9 Å². The largest absolute Gasteiger partial charge is 0.390 e. The van der Waals surface area contributed by atoms with Gasteiger partial charge < -0.3 is 9.84 Å². The van der Waals surface area contributed by atoms with Crippen LogP contribution in [0.1, 0.15) is 24.0 Å². The van der Waals surface area contributed by atoms with Gasteiger partial charge in [0, 0.05) is 26.1 Å². The minimum absolute atomic E-state index is 0.383. The smallest absolute Gasteiger partial charge is 0.0690 e. The normalized spacial score (nSPS) is 22.9. The lowest BCUT2D eigenvalue weighted by atomic mass is 10.0. The highest BCUT2D eigenvalue weighted by Gasteiger charge is 2.39. The molecule has 18 heavy (non-hydrogen) atoms. The van der Waals surface area contributed by atoms with Crippen molar-refractivity contribution in [2.24, 2.45) is 0 Å². The summed E-state index contributed by atoms with van der Waals surface area (Å²) >= 11 is 0. The second-order valence-corrected chi connectivity index (χ2v) is 5.61. The third-order valence-electron chi connectivity index (χ3n) is 3.89. The fraction of sp³-hybridized carbons (Fsp3) is 0.600. The average Bonchev–Trinajstić information content (AvgIpc) is 3.11. The minimum atomic E-state index is -0.383. The van der Waals surface area contributed by atoms with E-state index in [1.54, 1.807) is 0 Å². The Kier molecular flexibility index (Phi) is 3.37. The van der Waals surface area contributed by atoms with E-state index in [4.69, 9.17) is 4.74 Å². The Labute approximate surface area is 108 Å². The average molecular weight is 247 g/mol. The highest BCUT2D eigenvalue weighted by atomic mass is 16.5. The molecule has 0 spiro atoms. The monoisotopic (exact) mass is 247 g/mol. The molecule has 0 unspecified atom stereocenters. The van der Waals surface area contributed by atoms with Crippen LogP contribution in [0.5, 0.6) is 0 Å². The Hall–Kier alpha value is -0.900. The van der Waals surface area contributed by atoms with E-state index in [0.717, 1.165) is 52.1 Å². The molecule has 2 aliphatic rings. The summed E-state index contributed by atoms with van der Waals surface area (Å²) in [5.74, 6) is 0. The van der Waals surface area contributed by atoms with Gasteiger partial charge >= 0.3 is 0 Å². The van der Waals surface area contributed by atoms with Gasteiger partial charge in [0.1, 0.15) is 0 Å². The molecule has 1 aromatic rings. The van der Waals surface area contributed by atoms with Crippen molar-refractivity contribution in [1.29, 1.82) is 0 Å². The number of aliphatic hydroxyl groups is 1. The van der Waals surface area contributed by atoms with Crippen LogP contribution in [0.15, 0.2) is 24.3 Å². The maximum Gasteiger partial charge on any atom is 0.0690 e. The van der Waals surface area contributed by atoms with Gasteiger partial charge in [-0.3, -0.25) is 4.90 Å². The molecule has 1 N–H and O–H groups in total. The molecule has 3 rings (SSSR count). The molecule has 0 atom stereocenters. The number of benzene rings is 1. The quantitative estimate of drug-likeness (QED) is 0.877. The first-order valence-electron chi connectivity index (χ1n) is 6.84. The van der Waals surface area contributed by atoms with E-state index in [0.29, 0.717) is 0 Å². The first-order valence-corrected chi connectivity index (χ1v) is 6.84. The Morgan fingerprint density at radius 3 is 2.28 bits per heavy atom. The van der Waals surface area contributed by atoms with E-state index < -0.39 is 0 Å². The molecule has 98 valence electrons. The van der Waals surface area contributed by atoms with Crippen molar-refractivity contribution in [3.8, 4) is 0 Å². The molecule has 1 saturated heterocycles. The predicted molar refractivity (Wildman–Crippen MR) is 70.4 cm³/mol. The third-order valence-corrected chi connectivity index (χ3v) is 3.89. The summed E-state index contributed by atoms with van der Waals surface area (Å²) in [5.41, 5.74) is 2.22. The number of hydrogen-bond acceptors (Lipinski definition) is 3. The van der Waals surface area contributed by atoms with E-state index in [1.807, 2.05) is 0 Å². The number of hydrogen-bond donors (Lipinski definition) is 1. The summed E-state index contributed by atoms with van der Waals surface area (Å²) in [4.78, 5) is 2.42. The van der Waals surface area contributed by atoms with Crippen LogP contribution in [0.2, 0.25) is 0 Å². The van der Waals surface area contributed by atoms with E-state index in [-0.39, 0.29) is 5.60 Å². The van der Waals surface area contributed by atoms with Crippen molar-refractivity contribution < 1.29 is 9.84 Å². The lowest BCUT2D eigenvalue weighted by molar-refractivity contribution is 0.0342. The van der Waals surface area contributed by atoms with Gasteiger partial charge in [0.2, 0.25) is 0 Å². The summed E-state index contributed by atoms with van der Waals surface area (Å²) in [6.45, 7) is 4.77. The van der Waals surface area contributed by atoms with Crippen LogP contribution >= 0.6 is 0 Å². The maximum atomic E-state index is 9.89. The summed E-state index contributed by atoms with van der Waals surface area (Å²) in [6.07, 6.45) is 2.73. The van der Waals surface area contributed by atoms with Crippen molar-refractivity contribution in [2.75, 3.05) is 26.3 Å². The van der Waals surface area contributed by atoms with Crippen molar-refractivity contribution in [3.63, 3.8) is 0 Å². The van der Waals surface area contributed by atoms with Gasteiger partial charge in [0.15, 0.2) is 0 Å². The maximum absolute atomic E-state index is 9.89. The zero-order valence-corrected chi connectivity index (χ0v) is 10.8. The standard InChI is InChI=1S/C15H21NO2/c17-15(5-6-15)11-13-1-3-14(4-2-13)12-16-7-9-18-10-8-16/h1-4,17H,5-12H2. The Bertz CT molecular complexity index is 391. The van der Waals surface area contributed by atoms with Gasteiger partial charge in [-0.25, -0.2) is 0 Å².